The molecule has 1 rings (SSSR count). The maximum absolute atomic E-state index is 10.8. The molecule has 0 heterocycles. The van der Waals surface area contributed by atoms with Crippen molar-refractivity contribution in [3.8, 4) is 0 Å². The first-order valence-electron chi connectivity index (χ1n) is 2.70. The molecule has 54 valence electrons. The van der Waals surface area contributed by atoms with E-state index in [9.17, 15) is 8.42 Å². The molecule has 0 saturated heterocycles. The lowest BCUT2D eigenvalue weighted by molar-refractivity contribution is 0.153. The van der Waals surface area contributed by atoms with Crippen LogP contribution in [0.5, 0.6) is 0 Å². The molecule has 1 aliphatic rings. The van der Waals surface area contributed by atoms with Gasteiger partial charge in [0.2, 0.25) is 10.0 Å². The molecule has 0 aromatic carbocycles. The van der Waals surface area contributed by atoms with E-state index in [4.69, 9.17) is 0 Å². The van der Waals surface area contributed by atoms with Crippen LogP contribution in [0.3, 0.4) is 0 Å². The first-order valence-corrected chi connectivity index (χ1v) is 4.25. The van der Waals surface area contributed by atoms with Crippen molar-refractivity contribution in [1.82, 2.24) is 4.89 Å². The van der Waals surface area contributed by atoms with Gasteiger partial charge >= 0.3 is 0 Å². The van der Waals surface area contributed by atoms with Gasteiger partial charge in [-0.2, -0.15) is 0 Å². The fourth-order valence-corrected chi connectivity index (χ4v) is 1.69. The fourth-order valence-electron chi connectivity index (χ4n) is 0.563. The Labute approximate surface area is 54.2 Å². The molecule has 0 atom stereocenters. The Morgan fingerprint density at radius 3 is 2.44 bits per heavy atom. The van der Waals surface area contributed by atoms with E-state index >= 15 is 0 Å². The van der Waals surface area contributed by atoms with Gasteiger partial charge < -0.3 is 0 Å². The predicted molar refractivity (Wildman–Crippen MR) is 32.1 cm³/mol. The van der Waals surface area contributed by atoms with Gasteiger partial charge in [0.05, 0.1) is 12.4 Å². The minimum Gasteiger partial charge on any atom is -0.290 e. The molecule has 0 aromatic rings. The molecule has 0 aliphatic heterocycles. The summed E-state index contributed by atoms with van der Waals surface area (Å²) in [7, 11) is -1.82. The average molecular weight is 151 g/mol. The van der Waals surface area contributed by atoms with Gasteiger partial charge in [-0.3, -0.25) is 4.84 Å². The number of rotatable bonds is 3. The molecular formula is C4H9NO3S. The fraction of sp³-hybridized carbons (Fsp3) is 1.00. The highest BCUT2D eigenvalue weighted by atomic mass is 32.2. The van der Waals surface area contributed by atoms with Gasteiger partial charge in [0.1, 0.15) is 0 Å². The topological polar surface area (TPSA) is 55.4 Å². The van der Waals surface area contributed by atoms with Crippen molar-refractivity contribution in [1.29, 1.82) is 0 Å². The van der Waals surface area contributed by atoms with E-state index in [0.29, 0.717) is 0 Å². The monoisotopic (exact) mass is 151 g/mol. The summed E-state index contributed by atoms with van der Waals surface area (Å²) in [5.41, 5.74) is 0. The summed E-state index contributed by atoms with van der Waals surface area (Å²) in [4.78, 5) is 6.23. The highest BCUT2D eigenvalue weighted by molar-refractivity contribution is 7.90. The van der Waals surface area contributed by atoms with Gasteiger partial charge in [-0.25, -0.2) is 8.42 Å². The molecule has 1 N–H and O–H groups in total. The zero-order valence-corrected chi connectivity index (χ0v) is 5.94. The Balaban J connectivity index is 2.51. The van der Waals surface area contributed by atoms with Crippen molar-refractivity contribution in [3.63, 3.8) is 0 Å². The van der Waals surface area contributed by atoms with Crippen molar-refractivity contribution in [2.75, 3.05) is 7.11 Å². The van der Waals surface area contributed by atoms with Gasteiger partial charge in [-0.15, -0.1) is 0 Å². The summed E-state index contributed by atoms with van der Waals surface area (Å²) in [6.45, 7) is 0. The molecule has 1 saturated carbocycles. The van der Waals surface area contributed by atoms with E-state index in [2.05, 4.69) is 4.84 Å². The summed E-state index contributed by atoms with van der Waals surface area (Å²) < 4.78 is 21.5. The Hall–Kier alpha value is -0.130. The molecule has 1 fully saturated rings. The van der Waals surface area contributed by atoms with Crippen LogP contribution in [0.4, 0.5) is 0 Å². The molecule has 0 bridgehead atoms. The van der Waals surface area contributed by atoms with Gasteiger partial charge in [0, 0.05) is 0 Å². The highest BCUT2D eigenvalue weighted by Gasteiger charge is 2.35. The average Bonchev–Trinajstić information content (AvgIpc) is 2.41. The lowest BCUT2D eigenvalue weighted by Gasteiger charge is -1.99. The van der Waals surface area contributed by atoms with Crippen LogP contribution in [0.25, 0.3) is 0 Å². The van der Waals surface area contributed by atoms with Gasteiger partial charge in [0.15, 0.2) is 0 Å². The second-order valence-electron chi connectivity index (χ2n) is 2.03. The second-order valence-corrected chi connectivity index (χ2v) is 3.96. The number of hydrogen-bond acceptors (Lipinski definition) is 3. The Kier molecular flexibility index (Phi) is 1.74. The van der Waals surface area contributed by atoms with Crippen LogP contribution >= 0.6 is 0 Å². The molecule has 4 nitrogen and oxygen atoms in total. The van der Waals surface area contributed by atoms with Crippen LogP contribution in [-0.2, 0) is 14.9 Å². The van der Waals surface area contributed by atoms with Crippen LogP contribution in [0.15, 0.2) is 0 Å². The molecule has 0 unspecified atom stereocenters. The third kappa shape index (κ3) is 1.64. The van der Waals surface area contributed by atoms with E-state index in [-0.39, 0.29) is 5.25 Å². The minimum atomic E-state index is -3.11. The molecule has 0 amide bonds. The molecule has 9 heavy (non-hydrogen) atoms. The largest absolute Gasteiger partial charge is 0.290 e. The predicted octanol–water partition coefficient (Wildman–Crippen LogP) is -0.370. The first-order chi connectivity index (χ1) is 4.17. The smallest absolute Gasteiger partial charge is 0.236 e. The van der Waals surface area contributed by atoms with E-state index < -0.39 is 10.0 Å². The van der Waals surface area contributed by atoms with E-state index in [1.807, 2.05) is 4.89 Å². The van der Waals surface area contributed by atoms with Gasteiger partial charge in [-0.05, 0) is 12.8 Å². The van der Waals surface area contributed by atoms with Crippen molar-refractivity contribution in [3.05, 3.63) is 0 Å². The molecule has 1 aliphatic carbocycles. The molecule has 0 radical (unpaired) electrons. The van der Waals surface area contributed by atoms with Crippen LogP contribution in [0.2, 0.25) is 0 Å². The molecule has 0 aromatic heterocycles. The van der Waals surface area contributed by atoms with E-state index in [1.54, 1.807) is 0 Å². The Morgan fingerprint density at radius 2 is 2.11 bits per heavy atom. The summed E-state index contributed by atoms with van der Waals surface area (Å²) in [6, 6.07) is 0. The van der Waals surface area contributed by atoms with Crippen molar-refractivity contribution < 1.29 is 13.3 Å². The SMILES string of the molecule is CONS(=O)(=O)C1CC1. The zero-order chi connectivity index (χ0) is 6.91. The van der Waals surface area contributed by atoms with Crippen LogP contribution in [0, 0.1) is 0 Å². The van der Waals surface area contributed by atoms with E-state index in [1.165, 1.54) is 7.11 Å². The van der Waals surface area contributed by atoms with Crippen LogP contribution < -0.4 is 4.89 Å². The third-order valence-electron chi connectivity index (χ3n) is 1.16. The standard InChI is InChI=1S/C4H9NO3S/c1-8-5-9(6,7)4-2-3-4/h4-5H,2-3H2,1H3. The van der Waals surface area contributed by atoms with Crippen molar-refractivity contribution >= 4 is 10.0 Å². The maximum atomic E-state index is 10.8. The Bertz CT molecular complexity index is 182. The van der Waals surface area contributed by atoms with Crippen LogP contribution in [-0.4, -0.2) is 20.8 Å². The number of nitrogens with one attached hydrogen (secondary N) is 1. The second kappa shape index (κ2) is 2.24. The maximum Gasteiger partial charge on any atom is 0.236 e. The van der Waals surface area contributed by atoms with Gasteiger partial charge in [0.25, 0.3) is 0 Å². The Morgan fingerprint density at radius 1 is 1.56 bits per heavy atom. The quantitative estimate of drug-likeness (QED) is 0.560. The zero-order valence-electron chi connectivity index (χ0n) is 5.12. The van der Waals surface area contributed by atoms with Crippen molar-refractivity contribution in [2.24, 2.45) is 0 Å². The summed E-state index contributed by atoms with van der Waals surface area (Å²) in [5, 5.41) is -0.197. The van der Waals surface area contributed by atoms with Gasteiger partial charge in [-0.1, -0.05) is 4.89 Å². The minimum absolute atomic E-state index is 0.197. The summed E-state index contributed by atoms with van der Waals surface area (Å²) in [6.07, 6.45) is 1.53. The summed E-state index contributed by atoms with van der Waals surface area (Å²) in [5.74, 6) is 0. The first kappa shape index (κ1) is 6.98. The lowest BCUT2D eigenvalue weighted by Crippen LogP contribution is -2.25. The van der Waals surface area contributed by atoms with E-state index in [0.717, 1.165) is 12.8 Å². The van der Waals surface area contributed by atoms with Crippen LogP contribution in [0.1, 0.15) is 12.8 Å². The molecule has 0 spiro atoms. The number of hydrogen-bond donors (Lipinski definition) is 1. The molecular weight excluding hydrogens is 142 g/mol. The molecule has 5 heteroatoms. The van der Waals surface area contributed by atoms with Crippen molar-refractivity contribution in [2.45, 2.75) is 18.1 Å². The normalized spacial score (nSPS) is 20.1. The number of sulfonamides is 1. The summed E-state index contributed by atoms with van der Waals surface area (Å²) >= 11 is 0. The highest BCUT2D eigenvalue weighted by Crippen LogP contribution is 2.26. The lowest BCUT2D eigenvalue weighted by atomic mass is 11.0. The third-order valence-corrected chi connectivity index (χ3v) is 2.91.